The zero-order valence-electron chi connectivity index (χ0n) is 9.99. The fraction of sp³-hybridized carbons (Fsp3) is 0.308. The number of nitrogens with one attached hydrogen (secondary N) is 2. The first-order valence-corrected chi connectivity index (χ1v) is 5.66. The second-order valence-corrected chi connectivity index (χ2v) is 4.38. The highest BCUT2D eigenvalue weighted by atomic mass is 16.6. The van der Waals surface area contributed by atoms with Crippen LogP contribution < -0.4 is 5.48 Å². The standard InChI is InChI=1S/C13H16N2O2/c1-9(2)8-17-15-13(16)11-4-3-5-12-10(11)6-7-14-12/h3-7,9,14H,8H2,1-2H3,(H,15,16). The highest BCUT2D eigenvalue weighted by Gasteiger charge is 2.10. The van der Waals surface area contributed by atoms with Gasteiger partial charge in [-0.15, -0.1) is 0 Å². The van der Waals surface area contributed by atoms with Crippen LogP contribution in [-0.4, -0.2) is 17.5 Å². The first kappa shape index (κ1) is 11.7. The summed E-state index contributed by atoms with van der Waals surface area (Å²) in [5, 5.41) is 0.901. The number of hydroxylamine groups is 1. The van der Waals surface area contributed by atoms with Crippen molar-refractivity contribution >= 4 is 16.8 Å². The summed E-state index contributed by atoms with van der Waals surface area (Å²) in [6, 6.07) is 7.44. The molecule has 2 rings (SSSR count). The van der Waals surface area contributed by atoms with E-state index >= 15 is 0 Å². The minimum absolute atomic E-state index is 0.212. The van der Waals surface area contributed by atoms with Crippen molar-refractivity contribution in [1.29, 1.82) is 0 Å². The predicted molar refractivity (Wildman–Crippen MR) is 66.6 cm³/mol. The van der Waals surface area contributed by atoms with Crippen LogP contribution in [0.1, 0.15) is 24.2 Å². The maximum Gasteiger partial charge on any atom is 0.275 e. The van der Waals surface area contributed by atoms with E-state index < -0.39 is 0 Å². The van der Waals surface area contributed by atoms with Gasteiger partial charge in [-0.2, -0.15) is 0 Å². The molecule has 1 aromatic carbocycles. The lowest BCUT2D eigenvalue weighted by molar-refractivity contribution is 0.0210. The van der Waals surface area contributed by atoms with Crippen molar-refractivity contribution in [3.8, 4) is 0 Å². The number of hydrogen-bond donors (Lipinski definition) is 2. The molecule has 0 spiro atoms. The number of carbonyl (C=O) groups excluding carboxylic acids is 1. The molecule has 0 saturated carbocycles. The van der Waals surface area contributed by atoms with Crippen LogP contribution in [0.3, 0.4) is 0 Å². The Morgan fingerprint density at radius 3 is 3.00 bits per heavy atom. The summed E-state index contributed by atoms with van der Waals surface area (Å²) in [6.07, 6.45) is 1.82. The van der Waals surface area contributed by atoms with Gasteiger partial charge in [0, 0.05) is 17.1 Å². The molecule has 1 aromatic heterocycles. The lowest BCUT2D eigenvalue weighted by Crippen LogP contribution is -2.25. The van der Waals surface area contributed by atoms with Crippen LogP contribution in [0, 0.1) is 5.92 Å². The third-order valence-electron chi connectivity index (χ3n) is 2.42. The summed E-state index contributed by atoms with van der Waals surface area (Å²) in [5.41, 5.74) is 4.02. The largest absolute Gasteiger partial charge is 0.361 e. The average molecular weight is 232 g/mol. The molecule has 1 heterocycles. The molecular weight excluding hydrogens is 216 g/mol. The van der Waals surface area contributed by atoms with Gasteiger partial charge in [0.2, 0.25) is 0 Å². The van der Waals surface area contributed by atoms with Crippen LogP contribution in [0.4, 0.5) is 0 Å². The number of carbonyl (C=O) groups is 1. The summed E-state index contributed by atoms with van der Waals surface area (Å²) in [6.45, 7) is 4.56. The Labute approximate surface area is 99.9 Å². The van der Waals surface area contributed by atoms with Gasteiger partial charge in [0.15, 0.2) is 0 Å². The topological polar surface area (TPSA) is 54.1 Å². The second-order valence-electron chi connectivity index (χ2n) is 4.38. The molecule has 0 fully saturated rings. The molecule has 0 atom stereocenters. The normalized spacial score (nSPS) is 11.0. The maximum absolute atomic E-state index is 11.9. The minimum Gasteiger partial charge on any atom is -0.361 e. The van der Waals surface area contributed by atoms with Gasteiger partial charge in [-0.3, -0.25) is 9.63 Å². The number of amides is 1. The van der Waals surface area contributed by atoms with Gasteiger partial charge >= 0.3 is 0 Å². The number of benzene rings is 1. The molecule has 0 bridgehead atoms. The third-order valence-corrected chi connectivity index (χ3v) is 2.42. The zero-order chi connectivity index (χ0) is 12.3. The molecule has 0 aliphatic rings. The molecule has 4 nitrogen and oxygen atoms in total. The predicted octanol–water partition coefficient (Wildman–Crippen LogP) is 2.49. The van der Waals surface area contributed by atoms with E-state index in [9.17, 15) is 4.79 Å². The molecule has 1 amide bonds. The van der Waals surface area contributed by atoms with Crippen molar-refractivity contribution in [2.24, 2.45) is 5.92 Å². The molecule has 0 aliphatic carbocycles. The smallest absolute Gasteiger partial charge is 0.275 e. The lowest BCUT2D eigenvalue weighted by atomic mass is 10.1. The Bertz CT molecular complexity index is 517. The fourth-order valence-electron chi connectivity index (χ4n) is 1.61. The fourth-order valence-corrected chi connectivity index (χ4v) is 1.61. The van der Waals surface area contributed by atoms with E-state index in [2.05, 4.69) is 10.5 Å². The van der Waals surface area contributed by atoms with E-state index in [1.54, 1.807) is 6.07 Å². The molecule has 4 heteroatoms. The van der Waals surface area contributed by atoms with E-state index in [1.165, 1.54) is 0 Å². The summed E-state index contributed by atoms with van der Waals surface area (Å²) in [4.78, 5) is 20.1. The first-order valence-electron chi connectivity index (χ1n) is 5.66. The number of rotatable bonds is 4. The highest BCUT2D eigenvalue weighted by molar-refractivity contribution is 6.05. The van der Waals surface area contributed by atoms with Gasteiger partial charge < -0.3 is 4.98 Å². The van der Waals surface area contributed by atoms with Gasteiger partial charge in [-0.1, -0.05) is 19.9 Å². The van der Waals surface area contributed by atoms with E-state index in [0.717, 1.165) is 10.9 Å². The van der Waals surface area contributed by atoms with Crippen LogP contribution in [0.2, 0.25) is 0 Å². The van der Waals surface area contributed by atoms with Gasteiger partial charge in [-0.25, -0.2) is 5.48 Å². The monoisotopic (exact) mass is 232 g/mol. The van der Waals surface area contributed by atoms with Gasteiger partial charge in [0.05, 0.1) is 12.2 Å². The lowest BCUT2D eigenvalue weighted by Gasteiger charge is -2.08. The van der Waals surface area contributed by atoms with Crippen LogP contribution in [0.15, 0.2) is 30.5 Å². The molecule has 0 radical (unpaired) electrons. The van der Waals surface area contributed by atoms with E-state index in [1.807, 2.05) is 38.2 Å². The van der Waals surface area contributed by atoms with Crippen LogP contribution in [0.5, 0.6) is 0 Å². The number of hydrogen-bond acceptors (Lipinski definition) is 2. The maximum atomic E-state index is 11.9. The molecular formula is C13H16N2O2. The van der Waals surface area contributed by atoms with Crippen LogP contribution in [-0.2, 0) is 4.84 Å². The molecule has 0 unspecified atom stereocenters. The molecule has 0 saturated heterocycles. The van der Waals surface area contributed by atoms with Gasteiger partial charge in [0.1, 0.15) is 0 Å². The first-order chi connectivity index (χ1) is 8.18. The average Bonchev–Trinajstić information content (AvgIpc) is 2.75. The number of aromatic nitrogens is 1. The third kappa shape index (κ3) is 2.65. The Kier molecular flexibility index (Phi) is 3.44. The van der Waals surface area contributed by atoms with E-state index in [4.69, 9.17) is 4.84 Å². The molecule has 2 aromatic rings. The van der Waals surface area contributed by atoms with Crippen molar-refractivity contribution < 1.29 is 9.63 Å². The summed E-state index contributed by atoms with van der Waals surface area (Å²) in [7, 11) is 0. The Morgan fingerprint density at radius 2 is 2.24 bits per heavy atom. The van der Waals surface area contributed by atoms with Gasteiger partial charge in [0.25, 0.3) is 5.91 Å². The van der Waals surface area contributed by atoms with Crippen molar-refractivity contribution in [3.05, 3.63) is 36.0 Å². The van der Waals surface area contributed by atoms with E-state index in [0.29, 0.717) is 18.1 Å². The number of fused-ring (bicyclic) bond motifs is 1. The molecule has 90 valence electrons. The highest BCUT2D eigenvalue weighted by Crippen LogP contribution is 2.17. The Hall–Kier alpha value is -1.81. The summed E-state index contributed by atoms with van der Waals surface area (Å²) < 4.78 is 0. The Morgan fingerprint density at radius 1 is 1.41 bits per heavy atom. The molecule has 2 N–H and O–H groups in total. The second kappa shape index (κ2) is 5.01. The Balaban J connectivity index is 2.11. The van der Waals surface area contributed by atoms with Crippen molar-refractivity contribution in [1.82, 2.24) is 10.5 Å². The zero-order valence-corrected chi connectivity index (χ0v) is 9.99. The van der Waals surface area contributed by atoms with Crippen LogP contribution in [0.25, 0.3) is 10.9 Å². The van der Waals surface area contributed by atoms with Crippen molar-refractivity contribution in [2.75, 3.05) is 6.61 Å². The van der Waals surface area contributed by atoms with Crippen LogP contribution >= 0.6 is 0 Å². The quantitative estimate of drug-likeness (QED) is 0.796. The minimum atomic E-state index is -0.212. The number of aromatic amines is 1. The summed E-state index contributed by atoms with van der Waals surface area (Å²) >= 11 is 0. The number of H-pyrrole nitrogens is 1. The SMILES string of the molecule is CC(C)CONC(=O)c1cccc2[nH]ccc12. The molecule has 17 heavy (non-hydrogen) atoms. The van der Waals surface area contributed by atoms with Crippen molar-refractivity contribution in [3.63, 3.8) is 0 Å². The molecule has 0 aliphatic heterocycles. The van der Waals surface area contributed by atoms with Gasteiger partial charge in [-0.05, 0) is 24.1 Å². The van der Waals surface area contributed by atoms with E-state index in [-0.39, 0.29) is 5.91 Å². The van der Waals surface area contributed by atoms with Crippen molar-refractivity contribution in [2.45, 2.75) is 13.8 Å². The summed E-state index contributed by atoms with van der Waals surface area (Å²) in [5.74, 6) is 0.175.